The molecule has 1 N–H and O–H groups in total. The first-order valence-electron chi connectivity index (χ1n) is 9.35. The summed E-state index contributed by atoms with van der Waals surface area (Å²) in [6.07, 6.45) is 0. The van der Waals surface area contributed by atoms with Gasteiger partial charge < -0.3 is 10.1 Å². The number of carbonyl (C=O) groups excluding carboxylic acids is 2. The van der Waals surface area contributed by atoms with Crippen LogP contribution < -0.4 is 15.0 Å². The molecule has 5 nitrogen and oxygen atoms in total. The number of benzene rings is 3. The van der Waals surface area contributed by atoms with E-state index in [9.17, 15) is 14.0 Å². The maximum Gasteiger partial charge on any atom is 0.282 e. The Bertz CT molecular complexity index is 1150. The summed E-state index contributed by atoms with van der Waals surface area (Å²) in [6.45, 7) is 1.96. The van der Waals surface area contributed by atoms with E-state index in [0.717, 1.165) is 10.5 Å². The maximum absolute atomic E-state index is 13.4. The van der Waals surface area contributed by atoms with E-state index in [2.05, 4.69) is 5.32 Å². The van der Waals surface area contributed by atoms with Crippen LogP contribution in [0.4, 0.5) is 15.8 Å². The van der Waals surface area contributed by atoms with E-state index >= 15 is 0 Å². The van der Waals surface area contributed by atoms with Gasteiger partial charge in [-0.15, -0.1) is 0 Å². The third-order valence-corrected chi connectivity index (χ3v) is 4.87. The lowest BCUT2D eigenvalue weighted by Crippen LogP contribution is -2.32. The third kappa shape index (κ3) is 3.43. The van der Waals surface area contributed by atoms with E-state index in [1.807, 2.05) is 31.2 Å². The Labute approximate surface area is 173 Å². The van der Waals surface area contributed by atoms with Gasteiger partial charge in [0, 0.05) is 11.3 Å². The second kappa shape index (κ2) is 7.83. The van der Waals surface area contributed by atoms with Crippen molar-refractivity contribution >= 4 is 28.8 Å². The second-order valence-corrected chi connectivity index (χ2v) is 6.86. The van der Waals surface area contributed by atoms with E-state index in [0.29, 0.717) is 22.7 Å². The van der Waals surface area contributed by atoms with Crippen molar-refractivity contribution in [3.63, 3.8) is 0 Å². The molecule has 150 valence electrons. The van der Waals surface area contributed by atoms with E-state index < -0.39 is 17.6 Å². The van der Waals surface area contributed by atoms with E-state index in [1.54, 1.807) is 24.3 Å². The van der Waals surface area contributed by atoms with Crippen LogP contribution in [0.3, 0.4) is 0 Å². The summed E-state index contributed by atoms with van der Waals surface area (Å²) in [5.74, 6) is -1.01. The molecule has 4 rings (SSSR count). The fraction of sp³-hybridized carbons (Fsp3) is 0.0833. The lowest BCUT2D eigenvalue weighted by atomic mass is 10.0. The molecule has 6 heteroatoms. The van der Waals surface area contributed by atoms with Crippen molar-refractivity contribution in [2.45, 2.75) is 6.92 Å². The Balaban J connectivity index is 1.85. The van der Waals surface area contributed by atoms with Crippen LogP contribution >= 0.6 is 0 Å². The number of halogens is 1. The number of nitrogens with one attached hydrogen (secondary N) is 1. The molecule has 0 bridgehead atoms. The molecule has 30 heavy (non-hydrogen) atoms. The highest BCUT2D eigenvalue weighted by Crippen LogP contribution is 2.37. The zero-order valence-corrected chi connectivity index (χ0v) is 16.5. The fourth-order valence-corrected chi connectivity index (χ4v) is 3.35. The molecule has 0 aliphatic carbocycles. The monoisotopic (exact) mass is 402 g/mol. The van der Waals surface area contributed by atoms with Gasteiger partial charge >= 0.3 is 0 Å². The first-order valence-corrected chi connectivity index (χ1v) is 9.35. The van der Waals surface area contributed by atoms with Crippen LogP contribution in [0, 0.1) is 12.7 Å². The second-order valence-electron chi connectivity index (χ2n) is 6.86. The summed E-state index contributed by atoms with van der Waals surface area (Å²) in [5, 5.41) is 3.10. The normalized spacial score (nSPS) is 13.8. The van der Waals surface area contributed by atoms with E-state index in [1.165, 1.54) is 31.4 Å². The average molecular weight is 402 g/mol. The molecule has 0 unspecified atom stereocenters. The van der Waals surface area contributed by atoms with Crippen LogP contribution in [0.15, 0.2) is 78.5 Å². The number of amides is 2. The van der Waals surface area contributed by atoms with Gasteiger partial charge in [0.1, 0.15) is 17.3 Å². The Hall–Kier alpha value is -3.93. The number of methoxy groups -OCH3 is 1. The van der Waals surface area contributed by atoms with Crippen LogP contribution in [0.1, 0.15) is 11.1 Å². The highest BCUT2D eigenvalue weighted by molar-refractivity contribution is 6.46. The molecule has 1 aliphatic rings. The number of hydrogen-bond acceptors (Lipinski definition) is 4. The van der Waals surface area contributed by atoms with Crippen LogP contribution in [0.5, 0.6) is 5.75 Å². The number of para-hydroxylation sites is 1. The fourth-order valence-electron chi connectivity index (χ4n) is 3.35. The molecule has 0 aromatic heterocycles. The standard InChI is InChI=1S/C24H19FN2O3/c1-15-7-11-17(12-8-15)26-22-21(19-5-3-4-6-20(19)30-2)23(28)27(24(22)29)18-13-9-16(25)10-14-18/h3-14,26H,1-2H3. The van der Waals surface area contributed by atoms with Gasteiger partial charge in [-0.2, -0.15) is 0 Å². The van der Waals surface area contributed by atoms with Gasteiger partial charge in [-0.3, -0.25) is 9.59 Å². The van der Waals surface area contributed by atoms with Crippen molar-refractivity contribution in [2.24, 2.45) is 0 Å². The number of nitrogens with zero attached hydrogens (tertiary/aromatic N) is 1. The molecule has 2 amide bonds. The SMILES string of the molecule is COc1ccccc1C1=C(Nc2ccc(C)cc2)C(=O)N(c2ccc(F)cc2)C1=O. The summed E-state index contributed by atoms with van der Waals surface area (Å²) in [5.41, 5.74) is 2.86. The van der Waals surface area contributed by atoms with Gasteiger partial charge in [0.2, 0.25) is 0 Å². The van der Waals surface area contributed by atoms with Crippen LogP contribution in [0.2, 0.25) is 0 Å². The molecule has 0 spiro atoms. The molecule has 3 aromatic rings. The Morgan fingerprint density at radius 1 is 0.867 bits per heavy atom. The van der Waals surface area contributed by atoms with Gasteiger partial charge in [-0.1, -0.05) is 35.9 Å². The number of hydrogen-bond donors (Lipinski definition) is 1. The molecule has 0 radical (unpaired) electrons. The first kappa shape index (κ1) is 19.4. The maximum atomic E-state index is 13.4. The van der Waals surface area contributed by atoms with Crippen molar-refractivity contribution in [3.05, 3.63) is 95.4 Å². The molecular formula is C24H19FN2O3. The number of ether oxygens (including phenoxy) is 1. The summed E-state index contributed by atoms with van der Waals surface area (Å²) >= 11 is 0. The van der Waals surface area contributed by atoms with Gasteiger partial charge in [0.25, 0.3) is 11.8 Å². The minimum atomic E-state index is -0.520. The molecule has 0 atom stereocenters. The van der Waals surface area contributed by atoms with Crippen molar-refractivity contribution in [1.29, 1.82) is 0 Å². The molecule has 1 aliphatic heterocycles. The van der Waals surface area contributed by atoms with E-state index in [4.69, 9.17) is 4.74 Å². The zero-order valence-electron chi connectivity index (χ0n) is 16.5. The predicted molar refractivity (Wildman–Crippen MR) is 114 cm³/mol. The molecule has 0 saturated heterocycles. The van der Waals surface area contributed by atoms with Crippen molar-refractivity contribution in [2.75, 3.05) is 17.3 Å². The van der Waals surface area contributed by atoms with Gasteiger partial charge in [-0.25, -0.2) is 9.29 Å². The lowest BCUT2D eigenvalue weighted by Gasteiger charge is -2.15. The van der Waals surface area contributed by atoms with E-state index in [-0.39, 0.29) is 11.3 Å². The number of imide groups is 1. The Morgan fingerprint density at radius 3 is 2.20 bits per heavy atom. The highest BCUT2D eigenvalue weighted by atomic mass is 19.1. The summed E-state index contributed by atoms with van der Waals surface area (Å²) in [4.78, 5) is 27.7. The van der Waals surface area contributed by atoms with Crippen LogP contribution in [-0.2, 0) is 9.59 Å². The predicted octanol–water partition coefficient (Wildman–Crippen LogP) is 4.54. The minimum absolute atomic E-state index is 0.137. The average Bonchev–Trinajstić information content (AvgIpc) is 3.00. The Kier molecular flexibility index (Phi) is 5.06. The van der Waals surface area contributed by atoms with Crippen LogP contribution in [0.25, 0.3) is 5.57 Å². The first-order chi connectivity index (χ1) is 14.5. The van der Waals surface area contributed by atoms with Crippen molar-refractivity contribution in [3.8, 4) is 5.75 Å². The molecule has 0 fully saturated rings. The minimum Gasteiger partial charge on any atom is -0.496 e. The smallest absolute Gasteiger partial charge is 0.282 e. The summed E-state index contributed by atoms with van der Waals surface area (Å²) in [6, 6.07) is 19.7. The zero-order chi connectivity index (χ0) is 21.3. The lowest BCUT2D eigenvalue weighted by molar-refractivity contribution is -0.120. The quantitative estimate of drug-likeness (QED) is 0.637. The summed E-state index contributed by atoms with van der Waals surface area (Å²) in [7, 11) is 1.51. The van der Waals surface area contributed by atoms with Gasteiger partial charge in [-0.05, 0) is 49.4 Å². The van der Waals surface area contributed by atoms with Crippen molar-refractivity contribution in [1.82, 2.24) is 0 Å². The topological polar surface area (TPSA) is 58.6 Å². The number of anilines is 2. The van der Waals surface area contributed by atoms with Gasteiger partial charge in [0.05, 0.1) is 18.4 Å². The Morgan fingerprint density at radius 2 is 1.53 bits per heavy atom. The number of rotatable bonds is 5. The van der Waals surface area contributed by atoms with Crippen molar-refractivity contribution < 1.29 is 18.7 Å². The number of aryl methyl sites for hydroxylation is 1. The summed E-state index contributed by atoms with van der Waals surface area (Å²) < 4.78 is 18.8. The van der Waals surface area contributed by atoms with Gasteiger partial charge in [0.15, 0.2) is 0 Å². The molecule has 3 aromatic carbocycles. The molecule has 1 heterocycles. The third-order valence-electron chi connectivity index (χ3n) is 4.87. The molecule has 0 saturated carbocycles. The van der Waals surface area contributed by atoms with Crippen LogP contribution in [-0.4, -0.2) is 18.9 Å². The largest absolute Gasteiger partial charge is 0.496 e. The molecular weight excluding hydrogens is 383 g/mol. The highest BCUT2D eigenvalue weighted by Gasteiger charge is 2.41. The number of carbonyl (C=O) groups is 2.